The summed E-state index contributed by atoms with van der Waals surface area (Å²) in [6.07, 6.45) is 1.70. The molecule has 0 spiro atoms. The van der Waals surface area contributed by atoms with Gasteiger partial charge < -0.3 is 14.4 Å². The summed E-state index contributed by atoms with van der Waals surface area (Å²) in [7, 11) is 1.66. The molecule has 2 heterocycles. The molecule has 0 atom stereocenters. The highest BCUT2D eigenvalue weighted by atomic mass is 16.5. The molecule has 1 aliphatic heterocycles. The van der Waals surface area contributed by atoms with Crippen molar-refractivity contribution in [2.24, 2.45) is 0 Å². The summed E-state index contributed by atoms with van der Waals surface area (Å²) in [5.74, 6) is 2.30. The van der Waals surface area contributed by atoms with Crippen LogP contribution in [0.5, 0.6) is 11.5 Å². The molecule has 0 radical (unpaired) electrons. The minimum absolute atomic E-state index is 0.378. The number of hydrogen-bond acceptors (Lipinski definition) is 6. The van der Waals surface area contributed by atoms with Crippen molar-refractivity contribution in [1.29, 1.82) is 0 Å². The van der Waals surface area contributed by atoms with Crippen molar-refractivity contribution in [2.45, 2.75) is 52.7 Å². The normalized spacial score (nSPS) is 16.0. The minimum Gasteiger partial charge on any atom is -0.497 e. The number of benzene rings is 1. The average molecular weight is 342 g/mol. The zero-order valence-electron chi connectivity index (χ0n) is 15.7. The van der Waals surface area contributed by atoms with Crippen molar-refractivity contribution < 1.29 is 9.47 Å². The lowest BCUT2D eigenvalue weighted by molar-refractivity contribution is 0.120. The first kappa shape index (κ1) is 17.5. The van der Waals surface area contributed by atoms with Crippen LogP contribution in [0.15, 0.2) is 18.2 Å². The van der Waals surface area contributed by atoms with Gasteiger partial charge in [0, 0.05) is 18.2 Å². The number of ether oxygens (including phenoxy) is 2. The van der Waals surface area contributed by atoms with Crippen molar-refractivity contribution >= 4 is 5.95 Å². The Morgan fingerprint density at radius 1 is 1.16 bits per heavy atom. The quantitative estimate of drug-likeness (QED) is 0.850. The first-order valence-electron chi connectivity index (χ1n) is 8.79. The van der Waals surface area contributed by atoms with Gasteiger partial charge in [0.25, 0.3) is 0 Å². The zero-order chi connectivity index (χ0) is 18.0. The summed E-state index contributed by atoms with van der Waals surface area (Å²) in [5.41, 5.74) is 2.70. The molecule has 0 fully saturated rings. The molecule has 0 unspecified atom stereocenters. The summed E-state index contributed by atoms with van der Waals surface area (Å²) in [6, 6.07) is 5.93. The van der Waals surface area contributed by atoms with E-state index in [9.17, 15) is 0 Å². The Morgan fingerprint density at radius 2 is 1.92 bits per heavy atom. The van der Waals surface area contributed by atoms with E-state index in [-0.39, 0.29) is 5.60 Å². The summed E-state index contributed by atoms with van der Waals surface area (Å²) in [5, 5.41) is 8.77. The molecule has 25 heavy (non-hydrogen) atoms. The Labute approximate surface area is 149 Å². The van der Waals surface area contributed by atoms with Gasteiger partial charge in [-0.15, -0.1) is 5.10 Å². The summed E-state index contributed by atoms with van der Waals surface area (Å²) < 4.78 is 11.6. The van der Waals surface area contributed by atoms with Crippen LogP contribution >= 0.6 is 0 Å². The van der Waals surface area contributed by atoms with Crippen molar-refractivity contribution in [3.8, 4) is 11.5 Å². The van der Waals surface area contributed by atoms with Gasteiger partial charge in [-0.2, -0.15) is 5.10 Å². The number of anilines is 1. The molecule has 1 aromatic heterocycles. The predicted molar refractivity (Wildman–Crippen MR) is 97.3 cm³/mol. The lowest BCUT2D eigenvalue weighted by Gasteiger charge is -2.29. The molecule has 3 rings (SSSR count). The van der Waals surface area contributed by atoms with Gasteiger partial charge >= 0.3 is 0 Å². The van der Waals surface area contributed by atoms with E-state index in [2.05, 4.69) is 42.8 Å². The van der Waals surface area contributed by atoms with E-state index in [0.29, 0.717) is 19.0 Å². The molecule has 0 saturated heterocycles. The Bertz CT molecular complexity index is 761. The zero-order valence-corrected chi connectivity index (χ0v) is 15.7. The lowest BCUT2D eigenvalue weighted by Crippen LogP contribution is -2.41. The van der Waals surface area contributed by atoms with Gasteiger partial charge in [-0.25, -0.2) is 4.98 Å². The van der Waals surface area contributed by atoms with Crippen LogP contribution in [0.2, 0.25) is 0 Å². The van der Waals surface area contributed by atoms with Gasteiger partial charge in [0.1, 0.15) is 17.1 Å². The molecule has 1 aromatic carbocycles. The molecular formula is C19H26N4O2. The molecule has 0 amide bonds. The van der Waals surface area contributed by atoms with Gasteiger partial charge in [0.05, 0.1) is 25.0 Å². The molecule has 0 saturated carbocycles. The van der Waals surface area contributed by atoms with E-state index < -0.39 is 0 Å². The summed E-state index contributed by atoms with van der Waals surface area (Å²) >= 11 is 0. The molecule has 2 aromatic rings. The Kier molecular flexibility index (Phi) is 4.79. The largest absolute Gasteiger partial charge is 0.497 e. The third-order valence-electron chi connectivity index (χ3n) is 4.37. The van der Waals surface area contributed by atoms with Crippen LogP contribution < -0.4 is 14.4 Å². The van der Waals surface area contributed by atoms with Gasteiger partial charge in [0.2, 0.25) is 5.95 Å². The second-order valence-electron chi connectivity index (χ2n) is 6.90. The second-order valence-corrected chi connectivity index (χ2v) is 6.90. The van der Waals surface area contributed by atoms with Crippen LogP contribution in [0.25, 0.3) is 0 Å². The highest BCUT2D eigenvalue weighted by Gasteiger charge is 2.31. The van der Waals surface area contributed by atoms with Crippen LogP contribution in [0.1, 0.15) is 44.6 Å². The fourth-order valence-electron chi connectivity index (χ4n) is 3.14. The lowest BCUT2D eigenvalue weighted by atomic mass is 10.1. The standard InChI is InChI=1S/C19H26N4O2/c1-6-15-16(7-2)21-22-18(20-15)23-11-13-8-9-14(24-5)10-17(13)25-19(3,4)12-23/h8-10H,6-7,11-12H2,1-5H3. The van der Waals surface area contributed by atoms with Crippen molar-refractivity contribution in [2.75, 3.05) is 18.6 Å². The fourth-order valence-corrected chi connectivity index (χ4v) is 3.14. The van der Waals surface area contributed by atoms with E-state index in [4.69, 9.17) is 14.5 Å². The second kappa shape index (κ2) is 6.86. The number of aryl methyl sites for hydroxylation is 2. The Hall–Kier alpha value is -2.37. The predicted octanol–water partition coefficient (Wildman–Crippen LogP) is 3.18. The number of fused-ring (bicyclic) bond motifs is 1. The van der Waals surface area contributed by atoms with E-state index in [1.54, 1.807) is 7.11 Å². The summed E-state index contributed by atoms with van der Waals surface area (Å²) in [4.78, 5) is 6.91. The smallest absolute Gasteiger partial charge is 0.246 e. The number of hydrogen-bond donors (Lipinski definition) is 0. The number of nitrogens with zero attached hydrogens (tertiary/aromatic N) is 4. The molecule has 6 heteroatoms. The van der Waals surface area contributed by atoms with Crippen LogP contribution in [0.4, 0.5) is 5.95 Å². The van der Waals surface area contributed by atoms with E-state index in [0.717, 1.165) is 41.3 Å². The number of methoxy groups -OCH3 is 1. The number of rotatable bonds is 4. The molecule has 0 aliphatic carbocycles. The Morgan fingerprint density at radius 3 is 2.60 bits per heavy atom. The maximum absolute atomic E-state index is 6.24. The van der Waals surface area contributed by atoms with Crippen molar-refractivity contribution in [1.82, 2.24) is 15.2 Å². The monoisotopic (exact) mass is 342 g/mol. The SMILES string of the molecule is CCc1nnc(N2Cc3ccc(OC)cc3OC(C)(C)C2)nc1CC. The highest BCUT2D eigenvalue weighted by molar-refractivity contribution is 5.45. The van der Waals surface area contributed by atoms with Crippen LogP contribution in [0, 0.1) is 0 Å². The van der Waals surface area contributed by atoms with Crippen molar-refractivity contribution in [3.05, 3.63) is 35.2 Å². The maximum atomic E-state index is 6.24. The third kappa shape index (κ3) is 3.67. The molecule has 1 aliphatic rings. The molecule has 0 bridgehead atoms. The van der Waals surface area contributed by atoms with Crippen molar-refractivity contribution in [3.63, 3.8) is 0 Å². The van der Waals surface area contributed by atoms with Crippen LogP contribution in [0.3, 0.4) is 0 Å². The molecule has 6 nitrogen and oxygen atoms in total. The van der Waals surface area contributed by atoms with E-state index in [1.165, 1.54) is 0 Å². The van der Waals surface area contributed by atoms with Crippen LogP contribution in [-0.2, 0) is 19.4 Å². The summed E-state index contributed by atoms with van der Waals surface area (Å²) in [6.45, 7) is 9.69. The van der Waals surface area contributed by atoms with Crippen LogP contribution in [-0.4, -0.2) is 34.4 Å². The Balaban J connectivity index is 1.99. The highest BCUT2D eigenvalue weighted by Crippen LogP contribution is 2.33. The minimum atomic E-state index is -0.378. The molecule has 0 N–H and O–H groups in total. The van der Waals surface area contributed by atoms with Gasteiger partial charge in [-0.05, 0) is 38.8 Å². The fraction of sp³-hybridized carbons (Fsp3) is 0.526. The average Bonchev–Trinajstić information content (AvgIpc) is 2.74. The number of aromatic nitrogens is 3. The first-order chi connectivity index (χ1) is 12.0. The van der Waals surface area contributed by atoms with Gasteiger partial charge in [-0.3, -0.25) is 0 Å². The van der Waals surface area contributed by atoms with Gasteiger partial charge in [-0.1, -0.05) is 13.8 Å². The van der Waals surface area contributed by atoms with Gasteiger partial charge in [0.15, 0.2) is 0 Å². The topological polar surface area (TPSA) is 60.4 Å². The van der Waals surface area contributed by atoms with E-state index >= 15 is 0 Å². The first-order valence-corrected chi connectivity index (χ1v) is 8.79. The maximum Gasteiger partial charge on any atom is 0.246 e. The third-order valence-corrected chi connectivity index (χ3v) is 4.37. The van der Waals surface area contributed by atoms with E-state index in [1.807, 2.05) is 18.2 Å². The molecule has 134 valence electrons. The molecular weight excluding hydrogens is 316 g/mol.